The Bertz CT molecular complexity index is 785. The molecule has 0 saturated heterocycles. The molecule has 2 rings (SSSR count). The van der Waals surface area contributed by atoms with Gasteiger partial charge in [-0.15, -0.1) is 0 Å². The second-order valence-corrected chi connectivity index (χ2v) is 8.59. The lowest BCUT2D eigenvalue weighted by Crippen LogP contribution is -2.46. The van der Waals surface area contributed by atoms with Gasteiger partial charge in [0.1, 0.15) is 0 Å². The van der Waals surface area contributed by atoms with Crippen LogP contribution in [0.25, 0.3) is 4.91 Å². The Morgan fingerprint density at radius 1 is 1.28 bits per heavy atom. The third-order valence-corrected chi connectivity index (χ3v) is 6.77. The van der Waals surface area contributed by atoms with Gasteiger partial charge in [0.15, 0.2) is 0 Å². The number of methoxy groups -OCH3 is 1. The van der Waals surface area contributed by atoms with Crippen LogP contribution in [0.5, 0.6) is 0 Å². The number of nitrogens with zero attached hydrogens (tertiary/aromatic N) is 1. The average Bonchev–Trinajstić information content (AvgIpc) is 2.66. The van der Waals surface area contributed by atoms with Crippen LogP contribution < -0.4 is 5.32 Å². The summed E-state index contributed by atoms with van der Waals surface area (Å²) in [5, 5.41) is 3.25. The molecule has 1 heterocycles. The minimum absolute atomic E-state index is 0.156. The zero-order valence-corrected chi connectivity index (χ0v) is 16.4. The number of benzene rings is 1. The molecule has 1 aliphatic rings. The van der Waals surface area contributed by atoms with E-state index in [1.165, 1.54) is 18.3 Å². The van der Waals surface area contributed by atoms with Crippen molar-refractivity contribution in [3.8, 4) is 0 Å². The number of carbonyl (C=O) groups excluding carboxylic acids is 1. The van der Waals surface area contributed by atoms with Gasteiger partial charge in [-0.2, -0.15) is 4.31 Å². The smallest absolute Gasteiger partial charge is 0.244 e. The van der Waals surface area contributed by atoms with E-state index in [9.17, 15) is 13.2 Å². The van der Waals surface area contributed by atoms with E-state index in [4.69, 9.17) is 16.3 Å². The number of hydrogen-bond donors (Lipinski definition) is 1. The van der Waals surface area contributed by atoms with Crippen molar-refractivity contribution in [1.29, 1.82) is 0 Å². The van der Waals surface area contributed by atoms with E-state index in [1.807, 2.05) is 13.8 Å². The van der Waals surface area contributed by atoms with Crippen LogP contribution in [-0.2, 0) is 19.6 Å². The molecule has 0 aromatic heterocycles. The second kappa shape index (κ2) is 7.45. The molecule has 1 aromatic carbocycles. The largest absolute Gasteiger partial charge is 0.383 e. The number of rotatable bonds is 6. The highest BCUT2D eigenvalue weighted by molar-refractivity contribution is 7.98. The Morgan fingerprint density at radius 2 is 1.88 bits per heavy atom. The van der Waals surface area contributed by atoms with E-state index < -0.39 is 15.6 Å². The fraction of sp³-hybridized carbons (Fsp3) is 0.471. The topological polar surface area (TPSA) is 75.7 Å². The number of hydrogen-bond acceptors (Lipinski definition) is 4. The number of amides is 1. The third kappa shape index (κ3) is 3.89. The zero-order valence-electron chi connectivity index (χ0n) is 14.8. The summed E-state index contributed by atoms with van der Waals surface area (Å²) in [6.45, 7) is 5.74. The Kier molecular flexibility index (Phi) is 5.93. The first-order chi connectivity index (χ1) is 11.6. The molecule has 1 aliphatic heterocycles. The Balaban J connectivity index is 2.61. The van der Waals surface area contributed by atoms with Crippen LogP contribution in [0.15, 0.2) is 29.8 Å². The fourth-order valence-electron chi connectivity index (χ4n) is 3.00. The standard InChI is InChI=1S/C17H23ClN2O4S/c1-12(21)19-11-15-16(13-5-7-14(18)8-6-13)25(22,23)20(9-10-24-4)17(15,2)3/h5-8H,9-11H2,1-4H3,(H,19,21). The van der Waals surface area contributed by atoms with Gasteiger partial charge in [-0.25, -0.2) is 8.42 Å². The van der Waals surface area contributed by atoms with Gasteiger partial charge in [-0.3, -0.25) is 4.79 Å². The van der Waals surface area contributed by atoms with E-state index in [0.717, 1.165) is 0 Å². The van der Waals surface area contributed by atoms with Gasteiger partial charge in [0.25, 0.3) is 0 Å². The predicted octanol–water partition coefficient (Wildman–Crippen LogP) is 2.26. The summed E-state index contributed by atoms with van der Waals surface area (Å²) in [6, 6.07) is 6.66. The van der Waals surface area contributed by atoms with Crippen LogP contribution in [0.4, 0.5) is 0 Å². The van der Waals surface area contributed by atoms with E-state index >= 15 is 0 Å². The highest BCUT2D eigenvalue weighted by Crippen LogP contribution is 2.44. The Hall–Kier alpha value is -1.41. The molecule has 0 unspecified atom stereocenters. The van der Waals surface area contributed by atoms with Crippen molar-refractivity contribution in [2.24, 2.45) is 0 Å². The molecule has 25 heavy (non-hydrogen) atoms. The summed E-state index contributed by atoms with van der Waals surface area (Å²) < 4.78 is 32.9. The lowest BCUT2D eigenvalue weighted by molar-refractivity contribution is -0.118. The van der Waals surface area contributed by atoms with Crippen molar-refractivity contribution in [2.75, 3.05) is 26.8 Å². The fourth-order valence-corrected chi connectivity index (χ4v) is 5.44. The van der Waals surface area contributed by atoms with Gasteiger partial charge < -0.3 is 10.1 Å². The molecule has 0 spiro atoms. The maximum absolute atomic E-state index is 13.2. The maximum Gasteiger partial charge on any atom is 0.244 e. The first-order valence-corrected chi connectivity index (χ1v) is 9.70. The van der Waals surface area contributed by atoms with Crippen LogP contribution in [0, 0.1) is 0 Å². The van der Waals surface area contributed by atoms with Crippen LogP contribution in [0.1, 0.15) is 26.3 Å². The predicted molar refractivity (Wildman–Crippen MR) is 98.6 cm³/mol. The first-order valence-electron chi connectivity index (χ1n) is 7.88. The van der Waals surface area contributed by atoms with E-state index in [2.05, 4.69) is 5.32 Å². The molecule has 0 aliphatic carbocycles. The highest BCUT2D eigenvalue weighted by Gasteiger charge is 2.49. The number of sulfonamides is 1. The Morgan fingerprint density at radius 3 is 2.40 bits per heavy atom. The lowest BCUT2D eigenvalue weighted by atomic mass is 9.91. The minimum atomic E-state index is -3.73. The minimum Gasteiger partial charge on any atom is -0.383 e. The summed E-state index contributed by atoms with van der Waals surface area (Å²) in [4.78, 5) is 11.6. The van der Waals surface area contributed by atoms with Crippen molar-refractivity contribution >= 4 is 32.4 Å². The monoisotopic (exact) mass is 386 g/mol. The normalized spacial score (nSPS) is 19.2. The van der Waals surface area contributed by atoms with Crippen molar-refractivity contribution in [1.82, 2.24) is 9.62 Å². The average molecular weight is 387 g/mol. The highest BCUT2D eigenvalue weighted by atomic mass is 35.5. The van der Waals surface area contributed by atoms with Gasteiger partial charge in [0, 0.05) is 32.1 Å². The quantitative estimate of drug-likeness (QED) is 0.813. The molecule has 1 aromatic rings. The molecular weight excluding hydrogens is 364 g/mol. The van der Waals surface area contributed by atoms with E-state index in [1.54, 1.807) is 24.3 Å². The number of carbonyl (C=O) groups is 1. The third-order valence-electron chi connectivity index (χ3n) is 4.30. The number of halogens is 1. The summed E-state index contributed by atoms with van der Waals surface area (Å²) >= 11 is 5.93. The summed E-state index contributed by atoms with van der Waals surface area (Å²) in [6.07, 6.45) is 0. The molecule has 0 radical (unpaired) electrons. The van der Waals surface area contributed by atoms with Crippen LogP contribution in [0.2, 0.25) is 5.02 Å². The molecule has 0 bridgehead atoms. The van der Waals surface area contributed by atoms with E-state index in [0.29, 0.717) is 16.2 Å². The van der Waals surface area contributed by atoms with Crippen LogP contribution in [-0.4, -0.2) is 51.0 Å². The number of nitrogens with one attached hydrogen (secondary N) is 1. The van der Waals surface area contributed by atoms with Crippen LogP contribution in [0.3, 0.4) is 0 Å². The summed E-state index contributed by atoms with van der Waals surface area (Å²) in [5.74, 6) is -0.216. The molecule has 0 atom stereocenters. The van der Waals surface area contributed by atoms with Crippen molar-refractivity contribution in [2.45, 2.75) is 26.3 Å². The molecule has 8 heteroatoms. The molecule has 6 nitrogen and oxygen atoms in total. The zero-order chi connectivity index (χ0) is 18.8. The number of ether oxygens (including phenoxy) is 1. The summed E-state index contributed by atoms with van der Waals surface area (Å²) in [5.41, 5.74) is 0.410. The molecule has 138 valence electrons. The lowest BCUT2D eigenvalue weighted by Gasteiger charge is -2.32. The van der Waals surface area contributed by atoms with Crippen molar-refractivity contribution < 1.29 is 17.9 Å². The van der Waals surface area contributed by atoms with Crippen molar-refractivity contribution in [3.05, 3.63) is 40.4 Å². The van der Waals surface area contributed by atoms with Gasteiger partial charge in [0.05, 0.1) is 17.1 Å². The Labute approximate surface area is 153 Å². The van der Waals surface area contributed by atoms with Crippen LogP contribution >= 0.6 is 11.6 Å². The van der Waals surface area contributed by atoms with E-state index in [-0.39, 0.29) is 30.5 Å². The van der Waals surface area contributed by atoms with Gasteiger partial charge >= 0.3 is 0 Å². The maximum atomic E-state index is 13.2. The first kappa shape index (κ1) is 19.9. The molecule has 0 fully saturated rings. The SMILES string of the molecule is COCCN1C(C)(C)C(CNC(C)=O)=C(c2ccc(Cl)cc2)S1(=O)=O. The second-order valence-electron chi connectivity index (χ2n) is 6.35. The van der Waals surface area contributed by atoms with Gasteiger partial charge in [-0.05, 0) is 37.1 Å². The molecular formula is C17H23ClN2O4S. The van der Waals surface area contributed by atoms with Gasteiger partial charge in [0.2, 0.25) is 15.9 Å². The van der Waals surface area contributed by atoms with Crippen molar-refractivity contribution in [3.63, 3.8) is 0 Å². The summed E-state index contributed by atoms with van der Waals surface area (Å²) in [7, 11) is -2.20. The molecule has 0 saturated carbocycles. The molecule has 1 N–H and O–H groups in total. The molecule has 1 amide bonds. The van der Waals surface area contributed by atoms with Gasteiger partial charge in [-0.1, -0.05) is 23.7 Å².